The summed E-state index contributed by atoms with van der Waals surface area (Å²) in [4.78, 5) is 5.72. The molecule has 2 aromatic carbocycles. The molecule has 0 aliphatic carbocycles. The van der Waals surface area contributed by atoms with Crippen LogP contribution < -0.4 is 4.80 Å². The molecule has 5 nitrogen and oxygen atoms in total. The first-order valence-corrected chi connectivity index (χ1v) is 11.0. The average molecular weight is 503 g/mol. The topological polar surface area (TPSA) is 54.7 Å². The highest BCUT2D eigenvalue weighted by Gasteiger charge is 2.20. The lowest BCUT2D eigenvalue weighted by Gasteiger charge is -2.13. The molecule has 0 N–H and O–H groups in total. The minimum absolute atomic E-state index is 0. The van der Waals surface area contributed by atoms with Gasteiger partial charge in [-0.3, -0.25) is 0 Å². The summed E-state index contributed by atoms with van der Waals surface area (Å²) in [7, 11) is -0.565. The minimum Gasteiger partial charge on any atom is -0.317 e. The van der Waals surface area contributed by atoms with E-state index in [9.17, 15) is 8.42 Å². The van der Waals surface area contributed by atoms with Crippen molar-refractivity contribution in [2.24, 2.45) is 4.99 Å². The van der Waals surface area contributed by atoms with Crippen LogP contribution in [0, 0.1) is 0 Å². The second-order valence-electron chi connectivity index (χ2n) is 6.06. The largest absolute Gasteiger partial charge is 0.317 e. The number of hydrogen-bond donors (Lipinski definition) is 0. The maximum atomic E-state index is 12.5. The number of aromatic nitrogens is 1. The van der Waals surface area contributed by atoms with Crippen molar-refractivity contribution in [1.29, 1.82) is 0 Å². The Morgan fingerprint density at radius 2 is 1.82 bits per heavy atom. The molecule has 3 aromatic rings. The molecule has 0 saturated heterocycles. The Kier molecular flexibility index (Phi) is 7.64. The summed E-state index contributed by atoms with van der Waals surface area (Å²) in [6.07, 6.45) is 0. The van der Waals surface area contributed by atoms with Crippen LogP contribution in [0.15, 0.2) is 63.8 Å². The van der Waals surface area contributed by atoms with Crippen molar-refractivity contribution in [1.82, 2.24) is 8.87 Å². The summed E-state index contributed by atoms with van der Waals surface area (Å²) in [5, 5.41) is 2.35. The number of sulfonamides is 1. The number of nitrogens with zero attached hydrogens (tertiary/aromatic N) is 3. The van der Waals surface area contributed by atoms with Crippen molar-refractivity contribution in [3.63, 3.8) is 0 Å². The molecule has 0 atom stereocenters. The highest BCUT2D eigenvalue weighted by Crippen LogP contribution is 2.28. The second-order valence-corrected chi connectivity index (χ2v) is 9.48. The van der Waals surface area contributed by atoms with Gasteiger partial charge >= 0.3 is 0 Å². The molecule has 0 saturated carbocycles. The number of hydrogen-bond acceptors (Lipinski definition) is 4. The van der Waals surface area contributed by atoms with Crippen molar-refractivity contribution in [3.8, 4) is 11.3 Å². The molecule has 0 aliphatic heterocycles. The summed E-state index contributed by atoms with van der Waals surface area (Å²) < 4.78 is 28.3. The quantitative estimate of drug-likeness (QED) is 0.496. The van der Waals surface area contributed by atoms with E-state index >= 15 is 0 Å². The molecule has 0 radical (unpaired) electrons. The number of rotatable bonds is 5. The van der Waals surface area contributed by atoms with E-state index in [1.54, 1.807) is 12.1 Å². The SMILES string of the molecule is Br.CCn1c(-c2cc(Cl)cc(S(=O)(=O)N(C)C)c2)csc1=Nc1ccccc1. The number of para-hydroxylation sites is 1. The third-order valence-corrected chi connectivity index (χ3v) is 6.92. The van der Waals surface area contributed by atoms with E-state index in [2.05, 4.69) is 4.57 Å². The minimum atomic E-state index is -3.57. The molecule has 0 amide bonds. The van der Waals surface area contributed by atoms with E-state index in [0.717, 1.165) is 21.7 Å². The Hall–Kier alpha value is -1.45. The first kappa shape index (κ1) is 22.8. The molecule has 0 fully saturated rings. The van der Waals surface area contributed by atoms with Crippen LogP contribution in [-0.2, 0) is 16.6 Å². The van der Waals surface area contributed by atoms with Gasteiger partial charge in [-0.25, -0.2) is 17.7 Å². The molecular weight excluding hydrogens is 482 g/mol. The highest BCUT2D eigenvalue weighted by molar-refractivity contribution is 8.93. The molecule has 0 aliphatic rings. The Morgan fingerprint density at radius 1 is 1.14 bits per heavy atom. The van der Waals surface area contributed by atoms with Crippen LogP contribution in [0.2, 0.25) is 5.02 Å². The first-order chi connectivity index (χ1) is 12.8. The van der Waals surface area contributed by atoms with E-state index in [4.69, 9.17) is 16.6 Å². The summed E-state index contributed by atoms with van der Waals surface area (Å²) >= 11 is 7.74. The lowest BCUT2D eigenvalue weighted by atomic mass is 10.2. The zero-order valence-corrected chi connectivity index (χ0v) is 19.8. The van der Waals surface area contributed by atoms with Gasteiger partial charge in [0.2, 0.25) is 10.0 Å². The monoisotopic (exact) mass is 501 g/mol. The van der Waals surface area contributed by atoms with Crippen LogP contribution in [0.4, 0.5) is 5.69 Å². The van der Waals surface area contributed by atoms with Crippen molar-refractivity contribution in [2.75, 3.05) is 14.1 Å². The van der Waals surface area contributed by atoms with Gasteiger partial charge in [-0.2, -0.15) is 0 Å². The van der Waals surface area contributed by atoms with Gasteiger partial charge in [-0.15, -0.1) is 28.3 Å². The van der Waals surface area contributed by atoms with E-state index in [1.165, 1.54) is 35.8 Å². The van der Waals surface area contributed by atoms with E-state index in [0.29, 0.717) is 11.6 Å². The number of benzene rings is 2. The zero-order valence-electron chi connectivity index (χ0n) is 15.7. The fourth-order valence-electron chi connectivity index (χ4n) is 2.64. The standard InChI is InChI=1S/C19H20ClN3O2S2.BrH/c1-4-23-18(13-26-19(23)21-16-8-6-5-7-9-16)14-10-15(20)12-17(11-14)27(24,25)22(2)3;/h5-13H,4H2,1-3H3;1H. The maximum Gasteiger partial charge on any atom is 0.242 e. The van der Waals surface area contributed by atoms with Crippen molar-refractivity contribution < 1.29 is 8.42 Å². The molecule has 0 unspecified atom stereocenters. The maximum absolute atomic E-state index is 12.5. The van der Waals surface area contributed by atoms with Gasteiger partial charge in [-0.1, -0.05) is 29.8 Å². The third-order valence-electron chi connectivity index (χ3n) is 4.04. The van der Waals surface area contributed by atoms with Crippen LogP contribution in [0.1, 0.15) is 6.92 Å². The first-order valence-electron chi connectivity index (χ1n) is 8.34. The predicted molar refractivity (Wildman–Crippen MR) is 121 cm³/mol. The van der Waals surface area contributed by atoms with Gasteiger partial charge in [0.25, 0.3) is 0 Å². The van der Waals surface area contributed by atoms with Gasteiger partial charge < -0.3 is 4.57 Å². The van der Waals surface area contributed by atoms with Gasteiger partial charge in [-0.05, 0) is 37.3 Å². The lowest BCUT2D eigenvalue weighted by molar-refractivity contribution is 0.521. The summed E-state index contributed by atoms with van der Waals surface area (Å²) in [6.45, 7) is 2.73. The van der Waals surface area contributed by atoms with Gasteiger partial charge in [0.15, 0.2) is 4.80 Å². The van der Waals surface area contributed by atoms with Crippen LogP contribution in [0.5, 0.6) is 0 Å². The molecule has 1 aromatic heterocycles. The third kappa shape index (κ3) is 4.75. The molecule has 1 heterocycles. The Balaban J connectivity index is 0.00000280. The molecule has 0 spiro atoms. The smallest absolute Gasteiger partial charge is 0.242 e. The average Bonchev–Trinajstić information content (AvgIpc) is 3.04. The van der Waals surface area contributed by atoms with E-state index < -0.39 is 10.0 Å². The highest BCUT2D eigenvalue weighted by atomic mass is 79.9. The summed E-state index contributed by atoms with van der Waals surface area (Å²) in [6, 6.07) is 14.6. The molecule has 28 heavy (non-hydrogen) atoms. The van der Waals surface area contributed by atoms with E-state index in [1.807, 2.05) is 42.6 Å². The van der Waals surface area contributed by atoms with Gasteiger partial charge in [0.1, 0.15) is 0 Å². The van der Waals surface area contributed by atoms with Crippen LogP contribution >= 0.6 is 39.9 Å². The Bertz CT molecular complexity index is 1120. The molecule has 9 heteroatoms. The van der Waals surface area contributed by atoms with Crippen LogP contribution in [-0.4, -0.2) is 31.4 Å². The normalized spacial score (nSPS) is 12.2. The molecule has 3 rings (SSSR count). The zero-order chi connectivity index (χ0) is 19.6. The Labute approximate surface area is 184 Å². The summed E-state index contributed by atoms with van der Waals surface area (Å²) in [5.41, 5.74) is 2.50. The summed E-state index contributed by atoms with van der Waals surface area (Å²) in [5.74, 6) is 0. The predicted octanol–water partition coefficient (Wildman–Crippen LogP) is 4.95. The number of halogens is 2. The molecule has 0 bridgehead atoms. The van der Waals surface area contributed by atoms with Crippen molar-refractivity contribution >= 4 is 55.6 Å². The van der Waals surface area contributed by atoms with Crippen molar-refractivity contribution in [2.45, 2.75) is 18.4 Å². The van der Waals surface area contributed by atoms with Gasteiger partial charge in [0.05, 0.1) is 16.3 Å². The van der Waals surface area contributed by atoms with Gasteiger partial charge in [0, 0.05) is 36.6 Å². The molecular formula is C19H21BrClN3O2S2. The fourth-order valence-corrected chi connectivity index (χ4v) is 4.90. The number of thiazole rings is 1. The molecule has 150 valence electrons. The Morgan fingerprint density at radius 3 is 2.43 bits per heavy atom. The lowest BCUT2D eigenvalue weighted by Crippen LogP contribution is -2.22. The fraction of sp³-hybridized carbons (Fsp3) is 0.211. The second kappa shape index (κ2) is 9.37. The van der Waals surface area contributed by atoms with E-state index in [-0.39, 0.29) is 21.9 Å². The van der Waals surface area contributed by atoms with Crippen LogP contribution in [0.3, 0.4) is 0 Å². The van der Waals surface area contributed by atoms with Crippen molar-refractivity contribution in [3.05, 3.63) is 63.7 Å². The van der Waals surface area contributed by atoms with Crippen LogP contribution in [0.25, 0.3) is 11.3 Å².